The molecule has 64 heavy (non-hydrogen) atoms. The van der Waals surface area contributed by atoms with Crippen LogP contribution in [0.2, 0.25) is 0 Å². The zero-order valence-electron chi connectivity index (χ0n) is 38.1. The van der Waals surface area contributed by atoms with Gasteiger partial charge in [0.25, 0.3) is 0 Å². The molecule has 0 saturated carbocycles. The fourth-order valence-electron chi connectivity index (χ4n) is 9.64. The molecule has 0 bridgehead atoms. The zero-order valence-corrected chi connectivity index (χ0v) is 38.1. The van der Waals surface area contributed by atoms with Crippen molar-refractivity contribution in [2.75, 3.05) is 0 Å². The third-order valence-corrected chi connectivity index (χ3v) is 13.8. The van der Waals surface area contributed by atoms with Gasteiger partial charge in [0.05, 0.1) is 39.5 Å². The molecule has 5 nitrogen and oxygen atoms in total. The molecule has 0 N–H and O–H groups in total. The lowest BCUT2D eigenvalue weighted by Gasteiger charge is -2.22. The van der Waals surface area contributed by atoms with Crippen LogP contribution < -0.4 is 0 Å². The fourth-order valence-corrected chi connectivity index (χ4v) is 9.64. The summed E-state index contributed by atoms with van der Waals surface area (Å²) in [7, 11) is 0. The molecule has 0 atom stereocenters. The van der Waals surface area contributed by atoms with Crippen molar-refractivity contribution in [1.82, 2.24) is 24.5 Å². The van der Waals surface area contributed by atoms with Crippen LogP contribution in [0.25, 0.3) is 95.3 Å². The Balaban J connectivity index is 1.37. The van der Waals surface area contributed by atoms with Gasteiger partial charge in [-0.2, -0.15) is 0 Å². The van der Waals surface area contributed by atoms with Gasteiger partial charge in [-0.3, -0.25) is 0 Å². The third-order valence-electron chi connectivity index (χ3n) is 13.8. The molecule has 0 aliphatic heterocycles. The van der Waals surface area contributed by atoms with Gasteiger partial charge in [0.2, 0.25) is 0 Å². The van der Waals surface area contributed by atoms with E-state index in [0.717, 1.165) is 67.4 Å². The molecule has 0 radical (unpaired) electrons. The molecule has 0 unspecified atom stereocenters. The summed E-state index contributed by atoms with van der Waals surface area (Å²) in [5.74, 6) is 1.27. The van der Waals surface area contributed by atoms with Crippen molar-refractivity contribution < 1.29 is 0 Å². The molecule has 0 aliphatic carbocycles. The predicted molar refractivity (Wildman–Crippen MR) is 267 cm³/mol. The van der Waals surface area contributed by atoms with Gasteiger partial charge in [0.1, 0.15) is 0 Å². The lowest BCUT2D eigenvalue weighted by molar-refractivity contribution is 1.09. The number of aryl methyl sites for hydroxylation is 5. The first kappa shape index (κ1) is 40.6. The Morgan fingerprint density at radius 1 is 0.312 bits per heavy atom. The second kappa shape index (κ2) is 16.0. The summed E-state index contributed by atoms with van der Waals surface area (Å²) >= 11 is 0. The standard InChI is InChI=1S/C59H51N5/c1-34-30-47(58-60-49(43-22-14-10-15-23-43)32-50(61-58)44-24-16-11-17-25-44)31-48(59-62-51(45-26-18-12-19-27-45)33-52(63-59)46-28-20-13-21-29-46)55(34)64-56-41(8)37(4)35(2)39(6)53(56)54-40(7)36(3)38(5)42(9)57(54)64/h10-33H,1-9H3. The smallest absolute Gasteiger partial charge is 0.162 e. The van der Waals surface area contributed by atoms with E-state index in [1.165, 1.54) is 66.3 Å². The van der Waals surface area contributed by atoms with Gasteiger partial charge >= 0.3 is 0 Å². The van der Waals surface area contributed by atoms with E-state index in [-0.39, 0.29) is 0 Å². The Morgan fingerprint density at radius 2 is 0.641 bits per heavy atom. The van der Waals surface area contributed by atoms with Crippen LogP contribution in [-0.4, -0.2) is 24.5 Å². The van der Waals surface area contributed by atoms with Crippen molar-refractivity contribution in [2.45, 2.75) is 62.3 Å². The summed E-state index contributed by atoms with van der Waals surface area (Å²) in [6.07, 6.45) is 0. The van der Waals surface area contributed by atoms with Gasteiger partial charge in [-0.25, -0.2) is 19.9 Å². The number of hydrogen-bond acceptors (Lipinski definition) is 4. The fraction of sp³-hybridized carbons (Fsp3) is 0.153. The first-order valence-corrected chi connectivity index (χ1v) is 22.2. The third kappa shape index (κ3) is 6.71. The van der Waals surface area contributed by atoms with Crippen LogP contribution in [0.3, 0.4) is 0 Å². The van der Waals surface area contributed by atoms with Crippen molar-refractivity contribution in [3.8, 4) is 73.5 Å². The highest BCUT2D eigenvalue weighted by atomic mass is 15.0. The molecule has 5 heteroatoms. The average molecular weight is 830 g/mol. The summed E-state index contributed by atoms with van der Waals surface area (Å²) in [6, 6.07) is 50.3. The minimum Gasteiger partial charge on any atom is -0.308 e. The van der Waals surface area contributed by atoms with E-state index in [0.29, 0.717) is 11.6 Å². The van der Waals surface area contributed by atoms with Crippen molar-refractivity contribution in [3.05, 3.63) is 196 Å². The summed E-state index contributed by atoms with van der Waals surface area (Å²) in [5.41, 5.74) is 24.4. The Labute approximate surface area is 376 Å². The number of hydrogen-bond donors (Lipinski definition) is 0. The van der Waals surface area contributed by atoms with E-state index in [1.807, 2.05) is 24.3 Å². The van der Waals surface area contributed by atoms with Gasteiger partial charge in [0.15, 0.2) is 11.6 Å². The monoisotopic (exact) mass is 829 g/mol. The van der Waals surface area contributed by atoms with Crippen LogP contribution in [0.15, 0.2) is 146 Å². The summed E-state index contributed by atoms with van der Waals surface area (Å²) in [4.78, 5) is 21.7. The van der Waals surface area contributed by atoms with Crippen molar-refractivity contribution in [3.63, 3.8) is 0 Å². The molecule has 0 spiro atoms. The van der Waals surface area contributed by atoms with Crippen LogP contribution in [0.1, 0.15) is 50.1 Å². The Morgan fingerprint density at radius 3 is 1.00 bits per heavy atom. The number of rotatable bonds is 7. The van der Waals surface area contributed by atoms with E-state index in [9.17, 15) is 0 Å². The molecule has 3 aromatic heterocycles. The van der Waals surface area contributed by atoms with E-state index in [1.54, 1.807) is 0 Å². The van der Waals surface area contributed by atoms with Gasteiger partial charge in [-0.1, -0.05) is 121 Å². The van der Waals surface area contributed by atoms with Gasteiger partial charge in [-0.05, 0) is 137 Å². The van der Waals surface area contributed by atoms with Gasteiger partial charge < -0.3 is 4.57 Å². The van der Waals surface area contributed by atoms with Crippen LogP contribution in [0.4, 0.5) is 0 Å². The largest absolute Gasteiger partial charge is 0.308 e. The molecular formula is C59H51N5. The SMILES string of the molecule is Cc1cc(-c2nc(-c3ccccc3)cc(-c3ccccc3)n2)cc(-c2nc(-c3ccccc3)cc(-c3ccccc3)n2)c1-n1c2c(C)c(C)c(C)c(C)c2c2c(C)c(C)c(C)c(C)c21. The first-order valence-electron chi connectivity index (χ1n) is 22.2. The molecule has 10 rings (SSSR count). The Bertz CT molecular complexity index is 3250. The first-order chi connectivity index (χ1) is 31.0. The maximum absolute atomic E-state index is 5.51. The Kier molecular flexibility index (Phi) is 10.1. The van der Waals surface area contributed by atoms with E-state index in [4.69, 9.17) is 19.9 Å². The minimum absolute atomic E-state index is 0.633. The summed E-state index contributed by atoms with van der Waals surface area (Å²) < 4.78 is 2.56. The van der Waals surface area contributed by atoms with Crippen molar-refractivity contribution in [1.29, 1.82) is 0 Å². The maximum Gasteiger partial charge on any atom is 0.162 e. The molecule has 3 heterocycles. The molecule has 7 aromatic carbocycles. The molecule has 0 fully saturated rings. The number of fused-ring (bicyclic) bond motifs is 3. The van der Waals surface area contributed by atoms with Crippen LogP contribution >= 0.6 is 0 Å². The van der Waals surface area contributed by atoms with Crippen LogP contribution in [0, 0.1) is 62.3 Å². The maximum atomic E-state index is 5.51. The van der Waals surface area contributed by atoms with Crippen LogP contribution in [-0.2, 0) is 0 Å². The predicted octanol–water partition coefficient (Wildman–Crippen LogP) is 15.1. The normalized spacial score (nSPS) is 11.5. The second-order valence-electron chi connectivity index (χ2n) is 17.4. The summed E-state index contributed by atoms with van der Waals surface area (Å²) in [6.45, 7) is 20.5. The quantitative estimate of drug-likeness (QED) is 0.161. The zero-order chi connectivity index (χ0) is 44.4. The highest BCUT2D eigenvalue weighted by Crippen LogP contribution is 2.46. The second-order valence-corrected chi connectivity index (χ2v) is 17.4. The molecule has 312 valence electrons. The molecule has 10 aromatic rings. The lowest BCUT2D eigenvalue weighted by atomic mass is 9.90. The lowest BCUT2D eigenvalue weighted by Crippen LogP contribution is -2.07. The van der Waals surface area contributed by atoms with E-state index < -0.39 is 0 Å². The number of aromatic nitrogens is 5. The number of benzene rings is 7. The summed E-state index contributed by atoms with van der Waals surface area (Å²) in [5, 5.41) is 2.62. The average Bonchev–Trinajstić information content (AvgIpc) is 3.70. The van der Waals surface area contributed by atoms with E-state index >= 15 is 0 Å². The highest BCUT2D eigenvalue weighted by molar-refractivity contribution is 6.16. The molecule has 0 amide bonds. The molecular weight excluding hydrogens is 779 g/mol. The molecule has 0 saturated heterocycles. The minimum atomic E-state index is 0.633. The topological polar surface area (TPSA) is 56.5 Å². The Hall–Kier alpha value is -7.50. The van der Waals surface area contributed by atoms with Crippen molar-refractivity contribution >= 4 is 21.8 Å². The highest BCUT2D eigenvalue weighted by Gasteiger charge is 2.28. The van der Waals surface area contributed by atoms with Gasteiger partial charge in [0, 0.05) is 44.2 Å². The van der Waals surface area contributed by atoms with Crippen LogP contribution in [0.5, 0.6) is 0 Å². The van der Waals surface area contributed by atoms with E-state index in [2.05, 4.69) is 188 Å². The number of nitrogens with zero attached hydrogens (tertiary/aromatic N) is 5. The van der Waals surface area contributed by atoms with Crippen molar-refractivity contribution in [2.24, 2.45) is 0 Å². The van der Waals surface area contributed by atoms with Gasteiger partial charge in [-0.15, -0.1) is 0 Å². The molecule has 0 aliphatic rings.